The molecule has 0 heterocycles. The van der Waals surface area contributed by atoms with Gasteiger partial charge in [0.15, 0.2) is 0 Å². The lowest BCUT2D eigenvalue weighted by Gasteiger charge is -2.13. The van der Waals surface area contributed by atoms with Crippen molar-refractivity contribution in [1.82, 2.24) is 4.72 Å². The maximum absolute atomic E-state index is 11.5. The lowest BCUT2D eigenvalue weighted by Crippen LogP contribution is -2.28. The molecule has 1 N–H and O–H groups in total. The molecule has 0 saturated heterocycles. The van der Waals surface area contributed by atoms with Gasteiger partial charge >= 0.3 is 0 Å². The molecule has 0 fully saturated rings. The molecule has 0 aromatic heterocycles. The highest BCUT2D eigenvalue weighted by Crippen LogP contribution is 2.31. The number of benzene rings is 1. The maximum Gasteiger partial charge on any atom is 0.211 e. The minimum atomic E-state index is -3.10. The summed E-state index contributed by atoms with van der Waals surface area (Å²) in [5.74, 6) is 0.145. The fourth-order valence-corrected chi connectivity index (χ4v) is 2.82. The van der Waals surface area contributed by atoms with Crippen LogP contribution in [0.25, 0.3) is 0 Å². The molecule has 0 bridgehead atoms. The smallest absolute Gasteiger partial charge is 0.211 e. The summed E-state index contributed by atoms with van der Waals surface area (Å²) in [5, 5.41) is 0. The van der Waals surface area contributed by atoms with Crippen molar-refractivity contribution in [2.24, 2.45) is 0 Å². The van der Waals surface area contributed by atoms with Gasteiger partial charge in [-0.05, 0) is 30.9 Å². The molecule has 0 aliphatic heterocycles. The van der Waals surface area contributed by atoms with Crippen molar-refractivity contribution in [3.8, 4) is 0 Å². The van der Waals surface area contributed by atoms with Crippen LogP contribution in [0.3, 0.4) is 0 Å². The fourth-order valence-electron chi connectivity index (χ4n) is 1.98. The summed E-state index contributed by atoms with van der Waals surface area (Å²) in [6.45, 7) is 1.66. The molecule has 0 saturated carbocycles. The summed E-state index contributed by atoms with van der Waals surface area (Å²) in [6.07, 6.45) is 1.84. The highest BCUT2D eigenvalue weighted by atomic mass is 32.2. The summed E-state index contributed by atoms with van der Waals surface area (Å²) < 4.78 is 25.6. The summed E-state index contributed by atoms with van der Waals surface area (Å²) in [4.78, 5) is 0. The van der Waals surface area contributed by atoms with E-state index in [4.69, 9.17) is 0 Å². The molecular formula is C11H15NO2S. The standard InChI is InChI=1S/C11H15NO2S/c1-2-15(13,14)12-11-8-7-9-5-3-4-6-10(9)11/h3-6,11-12H,2,7-8H2,1H3/t11-/m0/s1. The zero-order valence-corrected chi connectivity index (χ0v) is 9.55. The van der Waals surface area contributed by atoms with Crippen molar-refractivity contribution in [2.45, 2.75) is 25.8 Å². The number of nitrogens with one attached hydrogen (secondary N) is 1. The normalized spacial score (nSPS) is 20.2. The third kappa shape index (κ3) is 2.21. The van der Waals surface area contributed by atoms with Crippen molar-refractivity contribution < 1.29 is 8.42 Å². The van der Waals surface area contributed by atoms with Crippen LogP contribution in [0.1, 0.15) is 30.5 Å². The highest BCUT2D eigenvalue weighted by molar-refractivity contribution is 7.89. The van der Waals surface area contributed by atoms with Gasteiger partial charge in [0.1, 0.15) is 0 Å². The van der Waals surface area contributed by atoms with E-state index in [1.165, 1.54) is 5.56 Å². The van der Waals surface area contributed by atoms with Gasteiger partial charge in [0, 0.05) is 6.04 Å². The predicted molar refractivity (Wildman–Crippen MR) is 60.1 cm³/mol. The molecule has 1 aromatic carbocycles. The van der Waals surface area contributed by atoms with Crippen molar-refractivity contribution >= 4 is 10.0 Å². The monoisotopic (exact) mass is 225 g/mol. The Morgan fingerprint density at radius 1 is 1.40 bits per heavy atom. The Morgan fingerprint density at radius 2 is 2.13 bits per heavy atom. The van der Waals surface area contributed by atoms with E-state index in [0.29, 0.717) is 0 Å². The van der Waals surface area contributed by atoms with Gasteiger partial charge in [-0.1, -0.05) is 24.3 Å². The largest absolute Gasteiger partial charge is 0.212 e. The van der Waals surface area contributed by atoms with Gasteiger partial charge in [-0.15, -0.1) is 0 Å². The van der Waals surface area contributed by atoms with Crippen LogP contribution in [-0.4, -0.2) is 14.2 Å². The average molecular weight is 225 g/mol. The minimum absolute atomic E-state index is 0.0221. The first kappa shape index (κ1) is 10.6. The van der Waals surface area contributed by atoms with Crippen LogP contribution in [-0.2, 0) is 16.4 Å². The molecule has 3 nitrogen and oxygen atoms in total. The molecule has 2 rings (SSSR count). The Balaban J connectivity index is 2.22. The molecule has 82 valence electrons. The SMILES string of the molecule is CCS(=O)(=O)N[C@H]1CCc2ccccc21. The molecule has 0 amide bonds. The molecule has 15 heavy (non-hydrogen) atoms. The number of fused-ring (bicyclic) bond motifs is 1. The van der Waals surface area contributed by atoms with Gasteiger partial charge in [0.05, 0.1) is 5.75 Å². The van der Waals surface area contributed by atoms with Gasteiger partial charge in [-0.25, -0.2) is 13.1 Å². The lowest BCUT2D eigenvalue weighted by molar-refractivity contribution is 0.555. The minimum Gasteiger partial charge on any atom is -0.212 e. The van der Waals surface area contributed by atoms with Gasteiger partial charge in [0.25, 0.3) is 0 Å². The van der Waals surface area contributed by atoms with Gasteiger partial charge < -0.3 is 0 Å². The Kier molecular flexibility index (Phi) is 2.80. The van der Waals surface area contributed by atoms with Crippen LogP contribution in [0, 0.1) is 0 Å². The number of hydrogen-bond donors (Lipinski definition) is 1. The summed E-state index contributed by atoms with van der Waals surface area (Å²) in [7, 11) is -3.10. The summed E-state index contributed by atoms with van der Waals surface area (Å²) in [5.41, 5.74) is 2.40. The van der Waals surface area contributed by atoms with Crippen LogP contribution < -0.4 is 4.72 Å². The number of hydrogen-bond acceptors (Lipinski definition) is 2. The average Bonchev–Trinajstić information content (AvgIpc) is 2.62. The first-order valence-corrected chi connectivity index (χ1v) is 6.85. The second-order valence-corrected chi connectivity index (χ2v) is 5.85. The number of sulfonamides is 1. The van der Waals surface area contributed by atoms with Crippen molar-refractivity contribution in [3.05, 3.63) is 35.4 Å². The van der Waals surface area contributed by atoms with Crippen molar-refractivity contribution in [2.75, 3.05) is 5.75 Å². The van der Waals surface area contributed by atoms with Crippen LogP contribution in [0.4, 0.5) is 0 Å². The predicted octanol–water partition coefficient (Wildman–Crippen LogP) is 1.61. The maximum atomic E-state index is 11.5. The molecule has 0 spiro atoms. The molecular weight excluding hydrogens is 210 g/mol. The Hall–Kier alpha value is -0.870. The quantitative estimate of drug-likeness (QED) is 0.849. The van der Waals surface area contributed by atoms with Gasteiger partial charge in [0.2, 0.25) is 10.0 Å². The summed E-state index contributed by atoms with van der Waals surface area (Å²) in [6, 6.07) is 8.00. The van der Waals surface area contributed by atoms with E-state index in [1.54, 1.807) is 6.92 Å². The van der Waals surface area contributed by atoms with Gasteiger partial charge in [-0.3, -0.25) is 0 Å². The van der Waals surface area contributed by atoms with E-state index in [9.17, 15) is 8.42 Å². The van der Waals surface area contributed by atoms with Crippen LogP contribution >= 0.6 is 0 Å². The van der Waals surface area contributed by atoms with E-state index in [1.807, 2.05) is 18.2 Å². The van der Waals surface area contributed by atoms with Crippen molar-refractivity contribution in [3.63, 3.8) is 0 Å². The fraction of sp³-hybridized carbons (Fsp3) is 0.455. The van der Waals surface area contributed by atoms with Gasteiger partial charge in [-0.2, -0.15) is 0 Å². The molecule has 1 aliphatic carbocycles. The Bertz CT molecular complexity index is 453. The molecule has 1 atom stereocenters. The van der Waals surface area contributed by atoms with E-state index in [0.717, 1.165) is 18.4 Å². The van der Waals surface area contributed by atoms with E-state index < -0.39 is 10.0 Å². The molecule has 0 unspecified atom stereocenters. The lowest BCUT2D eigenvalue weighted by atomic mass is 10.1. The number of aryl methyl sites for hydroxylation is 1. The van der Waals surface area contributed by atoms with Crippen LogP contribution in [0.2, 0.25) is 0 Å². The van der Waals surface area contributed by atoms with Crippen LogP contribution in [0.15, 0.2) is 24.3 Å². The zero-order valence-electron chi connectivity index (χ0n) is 8.73. The Labute approximate surface area is 90.6 Å². The zero-order chi connectivity index (χ0) is 10.9. The molecule has 0 radical (unpaired) electrons. The highest BCUT2D eigenvalue weighted by Gasteiger charge is 2.24. The first-order valence-electron chi connectivity index (χ1n) is 5.20. The first-order chi connectivity index (χ1) is 7.12. The molecule has 1 aliphatic rings. The van der Waals surface area contributed by atoms with E-state index >= 15 is 0 Å². The second kappa shape index (κ2) is 3.94. The third-order valence-corrected chi connectivity index (χ3v) is 4.24. The van der Waals surface area contributed by atoms with Crippen molar-refractivity contribution in [1.29, 1.82) is 0 Å². The van der Waals surface area contributed by atoms with E-state index in [2.05, 4.69) is 10.8 Å². The van der Waals surface area contributed by atoms with Crippen LogP contribution in [0.5, 0.6) is 0 Å². The molecule has 1 aromatic rings. The van der Waals surface area contributed by atoms with E-state index in [-0.39, 0.29) is 11.8 Å². The Morgan fingerprint density at radius 3 is 2.87 bits per heavy atom. The second-order valence-electron chi connectivity index (χ2n) is 3.81. The number of rotatable bonds is 3. The molecule has 4 heteroatoms. The topological polar surface area (TPSA) is 46.2 Å². The summed E-state index contributed by atoms with van der Waals surface area (Å²) >= 11 is 0. The third-order valence-electron chi connectivity index (χ3n) is 2.83.